The fourth-order valence-corrected chi connectivity index (χ4v) is 2.36. The second kappa shape index (κ2) is 6.28. The van der Waals surface area contributed by atoms with Crippen molar-refractivity contribution in [3.05, 3.63) is 23.0 Å². The lowest BCUT2D eigenvalue weighted by Crippen LogP contribution is -2.54. The first-order valence-corrected chi connectivity index (χ1v) is 6.79. The number of anilines is 2. The predicted molar refractivity (Wildman–Crippen MR) is 76.5 cm³/mol. The molecule has 1 heterocycles. The topological polar surface area (TPSA) is 67.6 Å². The Morgan fingerprint density at radius 2 is 2.40 bits per heavy atom. The molecule has 1 aliphatic heterocycles. The molecule has 0 bridgehead atoms. The predicted octanol–water partition coefficient (Wildman–Crippen LogP) is 1.40. The molecule has 0 spiro atoms. The summed E-state index contributed by atoms with van der Waals surface area (Å²) in [5.41, 5.74) is 6.65. The molecule has 1 aromatic carbocycles. The number of benzene rings is 1. The Morgan fingerprint density at radius 1 is 1.65 bits per heavy atom. The number of rotatable bonds is 3. The quantitative estimate of drug-likeness (QED) is 0.828. The van der Waals surface area contributed by atoms with Crippen molar-refractivity contribution in [2.24, 2.45) is 0 Å². The molecule has 1 amide bonds. The van der Waals surface area contributed by atoms with E-state index in [1.54, 1.807) is 4.90 Å². The number of hydrogen-bond acceptors (Lipinski definition) is 4. The van der Waals surface area contributed by atoms with Crippen LogP contribution in [0.2, 0.25) is 5.02 Å². The zero-order valence-corrected chi connectivity index (χ0v) is 11.9. The average Bonchev–Trinajstić information content (AvgIpc) is 2.43. The van der Waals surface area contributed by atoms with E-state index < -0.39 is 11.9 Å². The molecular weight excluding hydrogens is 285 g/mol. The van der Waals surface area contributed by atoms with Crippen molar-refractivity contribution in [1.82, 2.24) is 5.32 Å². The van der Waals surface area contributed by atoms with Crippen molar-refractivity contribution in [3.8, 4) is 0 Å². The fourth-order valence-electron chi connectivity index (χ4n) is 2.20. The van der Waals surface area contributed by atoms with Crippen LogP contribution in [0.4, 0.5) is 15.8 Å². The van der Waals surface area contributed by atoms with Gasteiger partial charge in [-0.25, -0.2) is 4.39 Å². The highest BCUT2D eigenvalue weighted by Gasteiger charge is 2.30. The van der Waals surface area contributed by atoms with Crippen LogP contribution >= 0.6 is 11.6 Å². The molecule has 2 rings (SSSR count). The van der Waals surface area contributed by atoms with Crippen LogP contribution in [-0.4, -0.2) is 38.3 Å². The highest BCUT2D eigenvalue weighted by atomic mass is 35.5. The Bertz CT molecular complexity index is 513. The molecule has 0 aromatic heterocycles. The number of hydrogen-bond donors (Lipinski definition) is 2. The standard InChI is InChI=1S/C13H17ClFN3O2/c1-2-17-13(19)12-7-20-4-3-18(12)11-5-8(14)9(15)6-10(11)16/h5-6,12H,2-4,7,16H2,1H3,(H,17,19). The van der Waals surface area contributed by atoms with Gasteiger partial charge < -0.3 is 20.7 Å². The van der Waals surface area contributed by atoms with Gasteiger partial charge in [0.05, 0.1) is 29.6 Å². The Hall–Kier alpha value is -1.53. The molecule has 5 nitrogen and oxygen atoms in total. The van der Waals surface area contributed by atoms with Crippen molar-refractivity contribution in [3.63, 3.8) is 0 Å². The van der Waals surface area contributed by atoms with Gasteiger partial charge >= 0.3 is 0 Å². The number of nitrogen functional groups attached to an aromatic ring is 1. The number of ether oxygens (including phenoxy) is 1. The summed E-state index contributed by atoms with van der Waals surface area (Å²) in [5, 5.41) is 2.73. The van der Waals surface area contributed by atoms with Gasteiger partial charge in [0.25, 0.3) is 0 Å². The van der Waals surface area contributed by atoms with Gasteiger partial charge in [-0.3, -0.25) is 4.79 Å². The van der Waals surface area contributed by atoms with Gasteiger partial charge in [-0.05, 0) is 13.0 Å². The van der Waals surface area contributed by atoms with Gasteiger partial charge in [0.15, 0.2) is 0 Å². The van der Waals surface area contributed by atoms with E-state index in [-0.39, 0.29) is 23.2 Å². The first kappa shape index (κ1) is 14.9. The van der Waals surface area contributed by atoms with E-state index in [9.17, 15) is 9.18 Å². The van der Waals surface area contributed by atoms with Gasteiger partial charge in [0.1, 0.15) is 11.9 Å². The minimum absolute atomic E-state index is 0.0182. The average molecular weight is 302 g/mol. The molecule has 1 unspecified atom stereocenters. The van der Waals surface area contributed by atoms with Crippen LogP contribution in [0.5, 0.6) is 0 Å². The number of carbonyl (C=O) groups excluding carboxylic acids is 1. The van der Waals surface area contributed by atoms with E-state index in [2.05, 4.69) is 5.32 Å². The maximum absolute atomic E-state index is 13.4. The second-order valence-electron chi connectivity index (χ2n) is 4.50. The lowest BCUT2D eigenvalue weighted by Gasteiger charge is -2.37. The molecule has 1 aromatic rings. The number of halogens is 2. The summed E-state index contributed by atoms with van der Waals surface area (Å²) in [7, 11) is 0. The minimum atomic E-state index is -0.573. The number of nitrogens with two attached hydrogens (primary N) is 1. The zero-order chi connectivity index (χ0) is 14.7. The van der Waals surface area contributed by atoms with E-state index in [4.69, 9.17) is 22.1 Å². The molecule has 1 fully saturated rings. The van der Waals surface area contributed by atoms with Gasteiger partial charge in [-0.15, -0.1) is 0 Å². The Balaban J connectivity index is 2.32. The maximum atomic E-state index is 13.4. The number of carbonyl (C=O) groups is 1. The van der Waals surface area contributed by atoms with Crippen molar-refractivity contribution < 1.29 is 13.9 Å². The molecule has 1 aliphatic rings. The van der Waals surface area contributed by atoms with Gasteiger partial charge in [-0.1, -0.05) is 11.6 Å². The van der Waals surface area contributed by atoms with Crippen LogP contribution in [0.15, 0.2) is 12.1 Å². The van der Waals surface area contributed by atoms with Crippen LogP contribution in [0.1, 0.15) is 6.92 Å². The first-order chi connectivity index (χ1) is 9.54. The summed E-state index contributed by atoms with van der Waals surface area (Å²) in [4.78, 5) is 13.9. The number of morpholine rings is 1. The van der Waals surface area contributed by atoms with Crippen molar-refractivity contribution in [1.29, 1.82) is 0 Å². The zero-order valence-electron chi connectivity index (χ0n) is 11.2. The van der Waals surface area contributed by atoms with Crippen LogP contribution < -0.4 is 16.0 Å². The van der Waals surface area contributed by atoms with Crippen molar-refractivity contribution in [2.45, 2.75) is 13.0 Å². The number of amides is 1. The number of likely N-dealkylation sites (N-methyl/N-ethyl adjacent to an activating group) is 1. The largest absolute Gasteiger partial charge is 0.397 e. The van der Waals surface area contributed by atoms with E-state index >= 15 is 0 Å². The summed E-state index contributed by atoms with van der Waals surface area (Å²) < 4.78 is 18.7. The van der Waals surface area contributed by atoms with Crippen molar-refractivity contribution in [2.75, 3.05) is 36.9 Å². The first-order valence-electron chi connectivity index (χ1n) is 6.41. The van der Waals surface area contributed by atoms with Crippen LogP contribution in [0.3, 0.4) is 0 Å². The summed E-state index contributed by atoms with van der Waals surface area (Å²) in [5.74, 6) is -0.720. The molecule has 7 heteroatoms. The van der Waals surface area contributed by atoms with Gasteiger partial charge in [-0.2, -0.15) is 0 Å². The SMILES string of the molecule is CCNC(=O)C1COCCN1c1cc(Cl)c(F)cc1N. The molecule has 0 radical (unpaired) electrons. The molecule has 3 N–H and O–H groups in total. The molecule has 1 atom stereocenters. The van der Waals surface area contributed by atoms with Gasteiger partial charge in [0, 0.05) is 19.2 Å². The Labute approximate surface area is 121 Å². The molecule has 110 valence electrons. The lowest BCUT2D eigenvalue weighted by atomic mass is 10.1. The van der Waals surface area contributed by atoms with Crippen LogP contribution in [0, 0.1) is 5.82 Å². The summed E-state index contributed by atoms with van der Waals surface area (Å²) in [6.07, 6.45) is 0. The summed E-state index contributed by atoms with van der Waals surface area (Å²) >= 11 is 5.80. The van der Waals surface area contributed by atoms with E-state index in [0.29, 0.717) is 25.4 Å². The molecule has 0 saturated carbocycles. The Morgan fingerprint density at radius 3 is 3.10 bits per heavy atom. The summed E-state index contributed by atoms with van der Waals surface area (Å²) in [6, 6.07) is 2.12. The summed E-state index contributed by atoms with van der Waals surface area (Å²) in [6.45, 7) is 3.61. The lowest BCUT2D eigenvalue weighted by molar-refractivity contribution is -0.124. The molecule has 20 heavy (non-hydrogen) atoms. The maximum Gasteiger partial charge on any atom is 0.245 e. The van der Waals surface area contributed by atoms with Crippen molar-refractivity contribution >= 4 is 28.9 Å². The minimum Gasteiger partial charge on any atom is -0.397 e. The smallest absolute Gasteiger partial charge is 0.245 e. The van der Waals surface area contributed by atoms with Gasteiger partial charge in [0.2, 0.25) is 5.91 Å². The third kappa shape index (κ3) is 2.96. The Kier molecular flexibility index (Phi) is 4.67. The third-order valence-corrected chi connectivity index (χ3v) is 3.45. The van der Waals surface area contributed by atoms with E-state index in [1.165, 1.54) is 12.1 Å². The van der Waals surface area contributed by atoms with E-state index in [0.717, 1.165) is 0 Å². The molecule has 0 aliphatic carbocycles. The second-order valence-corrected chi connectivity index (χ2v) is 4.91. The third-order valence-electron chi connectivity index (χ3n) is 3.16. The normalized spacial score (nSPS) is 18.9. The highest BCUT2D eigenvalue weighted by Crippen LogP contribution is 2.31. The molecular formula is C13H17ClFN3O2. The molecule has 1 saturated heterocycles. The van der Waals surface area contributed by atoms with Crippen LogP contribution in [-0.2, 0) is 9.53 Å². The van der Waals surface area contributed by atoms with Crippen LogP contribution in [0.25, 0.3) is 0 Å². The van der Waals surface area contributed by atoms with E-state index in [1.807, 2.05) is 6.92 Å². The number of nitrogens with one attached hydrogen (secondary N) is 1. The monoisotopic (exact) mass is 301 g/mol. The highest BCUT2D eigenvalue weighted by molar-refractivity contribution is 6.31. The fraction of sp³-hybridized carbons (Fsp3) is 0.462. The number of nitrogens with zero attached hydrogens (tertiary/aromatic N) is 1.